The molecule has 0 radical (unpaired) electrons. The molecule has 3 rings (SSSR count). The number of unbranched alkanes of at least 4 members (excludes halogenated alkanes) is 1. The zero-order valence-electron chi connectivity index (χ0n) is 13.6. The predicted octanol–water partition coefficient (Wildman–Crippen LogP) is 5.16. The number of para-hydroxylation sites is 2. The Kier molecular flexibility index (Phi) is 4.71. The summed E-state index contributed by atoms with van der Waals surface area (Å²) in [6.45, 7) is 5.11. The summed E-state index contributed by atoms with van der Waals surface area (Å²) >= 11 is 6.30. The molecular formula is C18H22ClN3O. The van der Waals surface area contributed by atoms with E-state index >= 15 is 0 Å². The average molecular weight is 332 g/mol. The predicted molar refractivity (Wildman–Crippen MR) is 95.0 cm³/mol. The molecule has 2 aromatic heterocycles. The van der Waals surface area contributed by atoms with Gasteiger partial charge in [0.2, 0.25) is 5.88 Å². The van der Waals surface area contributed by atoms with Crippen LogP contribution >= 0.6 is 11.6 Å². The first-order chi connectivity index (χ1) is 11.2. The average Bonchev–Trinajstić information content (AvgIpc) is 2.81. The monoisotopic (exact) mass is 331 g/mol. The molecule has 0 fully saturated rings. The number of hydrogen-bond donors (Lipinski definition) is 1. The maximum absolute atomic E-state index is 10.4. The Hall–Kier alpha value is -1.81. The Morgan fingerprint density at radius 2 is 1.87 bits per heavy atom. The molecule has 0 aliphatic rings. The smallest absolute Gasteiger partial charge is 0.214 e. The lowest BCUT2D eigenvalue weighted by atomic mass is 9.99. The maximum Gasteiger partial charge on any atom is 0.214 e. The summed E-state index contributed by atoms with van der Waals surface area (Å²) in [7, 11) is 0. The van der Waals surface area contributed by atoms with Crippen LogP contribution in [-0.4, -0.2) is 19.6 Å². The molecular weight excluding hydrogens is 310 g/mol. The summed E-state index contributed by atoms with van der Waals surface area (Å²) in [6.07, 6.45) is 4.59. The molecule has 23 heavy (non-hydrogen) atoms. The van der Waals surface area contributed by atoms with E-state index in [4.69, 9.17) is 11.6 Å². The summed E-state index contributed by atoms with van der Waals surface area (Å²) in [5, 5.41) is 10.7. The van der Waals surface area contributed by atoms with Gasteiger partial charge in [0.25, 0.3) is 0 Å². The van der Waals surface area contributed by atoms with Gasteiger partial charge in [0.05, 0.1) is 11.0 Å². The van der Waals surface area contributed by atoms with Crippen LogP contribution in [0.3, 0.4) is 0 Å². The van der Waals surface area contributed by atoms with Gasteiger partial charge < -0.3 is 5.11 Å². The molecule has 0 saturated carbocycles. The summed E-state index contributed by atoms with van der Waals surface area (Å²) in [5.41, 5.74) is 2.85. The first kappa shape index (κ1) is 16.1. The third kappa shape index (κ3) is 3.00. The molecule has 3 aromatic rings. The quantitative estimate of drug-likeness (QED) is 0.678. The maximum atomic E-state index is 10.4. The van der Waals surface area contributed by atoms with E-state index in [2.05, 4.69) is 23.8 Å². The Labute approximate surface area is 141 Å². The lowest BCUT2D eigenvalue weighted by molar-refractivity contribution is 0.354. The highest BCUT2D eigenvalue weighted by atomic mass is 35.5. The van der Waals surface area contributed by atoms with Crippen LogP contribution in [0.5, 0.6) is 5.88 Å². The number of rotatable bonds is 6. The second-order valence-corrected chi connectivity index (χ2v) is 6.43. The second-order valence-electron chi connectivity index (χ2n) is 6.05. The SMILES string of the molecule is CCCCC(CC)Cn1c(O)c(Cl)c2nc3ccccc3nc21. The van der Waals surface area contributed by atoms with E-state index in [0.29, 0.717) is 22.1 Å². The standard InChI is InChI=1S/C18H22ClN3O/c1-3-5-8-12(4-2)11-22-17-16(15(19)18(22)23)20-13-9-6-7-10-14(13)21-17/h6-7,9-10,12,23H,3-5,8,11H2,1-2H3. The molecule has 5 heteroatoms. The number of aromatic nitrogens is 3. The highest BCUT2D eigenvalue weighted by Gasteiger charge is 2.20. The van der Waals surface area contributed by atoms with E-state index in [1.54, 1.807) is 0 Å². The fourth-order valence-electron chi connectivity index (χ4n) is 3.00. The summed E-state index contributed by atoms with van der Waals surface area (Å²) in [4.78, 5) is 9.26. The first-order valence-corrected chi connectivity index (χ1v) is 8.66. The van der Waals surface area contributed by atoms with Crippen molar-refractivity contribution in [3.8, 4) is 5.88 Å². The van der Waals surface area contributed by atoms with Gasteiger partial charge >= 0.3 is 0 Å². The Morgan fingerprint density at radius 3 is 2.52 bits per heavy atom. The van der Waals surface area contributed by atoms with Crippen LogP contribution in [0.4, 0.5) is 0 Å². The van der Waals surface area contributed by atoms with Crippen molar-refractivity contribution in [3.05, 3.63) is 29.3 Å². The molecule has 0 spiro atoms. The minimum atomic E-state index is 0.0759. The van der Waals surface area contributed by atoms with E-state index in [1.807, 2.05) is 28.8 Å². The normalized spacial score (nSPS) is 13.0. The Bertz CT molecular complexity index is 828. The minimum Gasteiger partial charge on any atom is -0.493 e. The molecule has 4 nitrogen and oxygen atoms in total. The van der Waals surface area contributed by atoms with E-state index in [0.717, 1.165) is 30.4 Å². The Morgan fingerprint density at radius 1 is 1.17 bits per heavy atom. The zero-order valence-corrected chi connectivity index (χ0v) is 14.3. The number of halogens is 1. The van der Waals surface area contributed by atoms with E-state index in [-0.39, 0.29) is 5.88 Å². The van der Waals surface area contributed by atoms with Crippen LogP contribution < -0.4 is 0 Å². The molecule has 1 atom stereocenters. The van der Waals surface area contributed by atoms with Gasteiger partial charge in [-0.1, -0.05) is 56.8 Å². The minimum absolute atomic E-state index is 0.0759. The molecule has 2 heterocycles. The van der Waals surface area contributed by atoms with Crippen molar-refractivity contribution in [3.63, 3.8) is 0 Å². The summed E-state index contributed by atoms with van der Waals surface area (Å²) in [5.74, 6) is 0.577. The molecule has 1 N–H and O–H groups in total. The molecule has 0 aliphatic carbocycles. The van der Waals surface area contributed by atoms with Crippen molar-refractivity contribution in [2.45, 2.75) is 46.1 Å². The second kappa shape index (κ2) is 6.75. The van der Waals surface area contributed by atoms with Gasteiger partial charge in [-0.2, -0.15) is 0 Å². The molecule has 0 amide bonds. The number of benzene rings is 1. The molecule has 0 aliphatic heterocycles. The van der Waals surface area contributed by atoms with Crippen LogP contribution in [0.15, 0.2) is 24.3 Å². The van der Waals surface area contributed by atoms with Gasteiger partial charge in [-0.05, 0) is 24.5 Å². The van der Waals surface area contributed by atoms with E-state index < -0.39 is 0 Å². The number of fused-ring (bicyclic) bond motifs is 2. The van der Waals surface area contributed by atoms with Crippen molar-refractivity contribution in [2.24, 2.45) is 5.92 Å². The van der Waals surface area contributed by atoms with Crippen LogP contribution in [0.1, 0.15) is 39.5 Å². The lowest BCUT2D eigenvalue weighted by Crippen LogP contribution is -2.10. The first-order valence-electron chi connectivity index (χ1n) is 8.29. The van der Waals surface area contributed by atoms with Gasteiger partial charge in [-0.15, -0.1) is 0 Å². The van der Waals surface area contributed by atoms with Crippen molar-refractivity contribution in [2.75, 3.05) is 0 Å². The number of aromatic hydroxyl groups is 1. The van der Waals surface area contributed by atoms with E-state index in [9.17, 15) is 5.11 Å². The number of hydrogen-bond acceptors (Lipinski definition) is 3. The van der Waals surface area contributed by atoms with Gasteiger partial charge in [-0.25, -0.2) is 9.97 Å². The van der Waals surface area contributed by atoms with E-state index in [1.165, 1.54) is 12.8 Å². The Balaban J connectivity index is 2.08. The fourth-order valence-corrected chi connectivity index (χ4v) is 3.23. The van der Waals surface area contributed by atoms with Crippen molar-refractivity contribution in [1.82, 2.24) is 14.5 Å². The lowest BCUT2D eigenvalue weighted by Gasteiger charge is -2.16. The summed E-state index contributed by atoms with van der Waals surface area (Å²) in [6, 6.07) is 7.69. The molecule has 1 aromatic carbocycles. The molecule has 0 saturated heterocycles. The largest absolute Gasteiger partial charge is 0.493 e. The highest BCUT2D eigenvalue weighted by Crippen LogP contribution is 2.35. The zero-order chi connectivity index (χ0) is 16.4. The topological polar surface area (TPSA) is 50.9 Å². The van der Waals surface area contributed by atoms with Gasteiger partial charge in [0.15, 0.2) is 5.65 Å². The summed E-state index contributed by atoms with van der Waals surface area (Å²) < 4.78 is 1.82. The molecule has 1 unspecified atom stereocenters. The van der Waals surface area contributed by atoms with Crippen molar-refractivity contribution >= 4 is 33.8 Å². The molecule has 0 bridgehead atoms. The van der Waals surface area contributed by atoms with Crippen LogP contribution in [0, 0.1) is 5.92 Å². The van der Waals surface area contributed by atoms with Crippen LogP contribution in [-0.2, 0) is 6.54 Å². The number of nitrogens with zero attached hydrogens (tertiary/aromatic N) is 3. The van der Waals surface area contributed by atoms with Crippen LogP contribution in [0.25, 0.3) is 22.2 Å². The van der Waals surface area contributed by atoms with Crippen molar-refractivity contribution < 1.29 is 5.11 Å². The fraction of sp³-hybridized carbons (Fsp3) is 0.444. The third-order valence-corrected chi connectivity index (χ3v) is 4.80. The molecule has 122 valence electrons. The highest BCUT2D eigenvalue weighted by molar-refractivity contribution is 6.36. The van der Waals surface area contributed by atoms with Gasteiger partial charge in [0, 0.05) is 6.54 Å². The van der Waals surface area contributed by atoms with Gasteiger partial charge in [-0.3, -0.25) is 4.57 Å². The van der Waals surface area contributed by atoms with Gasteiger partial charge in [0.1, 0.15) is 10.5 Å². The third-order valence-electron chi connectivity index (χ3n) is 4.45. The van der Waals surface area contributed by atoms with Crippen LogP contribution in [0.2, 0.25) is 5.02 Å². The van der Waals surface area contributed by atoms with Crippen molar-refractivity contribution in [1.29, 1.82) is 0 Å².